The summed E-state index contributed by atoms with van der Waals surface area (Å²) < 4.78 is 61.1. The van der Waals surface area contributed by atoms with Gasteiger partial charge in [0.25, 0.3) is 0 Å². The van der Waals surface area contributed by atoms with E-state index in [0.717, 1.165) is 12.1 Å². The molecule has 0 saturated carbocycles. The molecule has 46 heavy (non-hydrogen) atoms. The van der Waals surface area contributed by atoms with E-state index in [2.05, 4.69) is 25.3 Å². The summed E-state index contributed by atoms with van der Waals surface area (Å²) >= 11 is 0. The fourth-order valence-electron chi connectivity index (χ4n) is 6.16. The molecule has 0 bridgehead atoms. The van der Waals surface area contributed by atoms with Gasteiger partial charge in [0.05, 0.1) is 59.0 Å². The third-order valence-corrected chi connectivity index (χ3v) is 9.27. The molecule has 3 unspecified atom stereocenters. The summed E-state index contributed by atoms with van der Waals surface area (Å²) in [6.45, 7) is 3.88. The second kappa shape index (κ2) is 12.9. The van der Waals surface area contributed by atoms with E-state index in [4.69, 9.17) is 10.5 Å². The van der Waals surface area contributed by atoms with Crippen LogP contribution in [-0.4, -0.2) is 89.2 Å². The predicted molar refractivity (Wildman–Crippen MR) is 169 cm³/mol. The summed E-state index contributed by atoms with van der Waals surface area (Å²) in [6.07, 6.45) is 6.97. The standard InChI is InChI=1S/C31H36F2N8O4S/c1-19-16-40(18-24(34)30(19)45-10-11-46(2,43)44)27-7-8-35-15-26(27)37-31-36-14-21-5-6-25(38-41(21)31)29-22(32)12-20(13-23(29)33)17-39-9-3-4-28(39)42/h5-8,12-15,19,24,30H,3-4,9-11,16-18,34H2,1-2H3,(H,36,37). The van der Waals surface area contributed by atoms with E-state index in [1.165, 1.54) is 29.0 Å². The Labute approximate surface area is 265 Å². The summed E-state index contributed by atoms with van der Waals surface area (Å²) in [6, 6.07) is 7.19. The molecular weight excluding hydrogens is 618 g/mol. The van der Waals surface area contributed by atoms with Crippen molar-refractivity contribution in [2.75, 3.05) is 48.5 Å². The minimum atomic E-state index is -3.14. The fourth-order valence-corrected chi connectivity index (χ4v) is 6.56. The molecule has 15 heteroatoms. The van der Waals surface area contributed by atoms with E-state index >= 15 is 8.78 Å². The van der Waals surface area contributed by atoms with Crippen molar-refractivity contribution < 1.29 is 26.7 Å². The molecule has 2 fully saturated rings. The van der Waals surface area contributed by atoms with Crippen molar-refractivity contribution in [2.45, 2.75) is 38.5 Å². The van der Waals surface area contributed by atoms with E-state index in [1.54, 1.807) is 29.6 Å². The molecule has 6 rings (SSSR count). The number of hydrogen-bond acceptors (Lipinski definition) is 10. The summed E-state index contributed by atoms with van der Waals surface area (Å²) in [5.74, 6) is -1.31. The molecule has 1 amide bonds. The first kappa shape index (κ1) is 31.8. The molecule has 5 heterocycles. The van der Waals surface area contributed by atoms with Crippen LogP contribution in [0.15, 0.2) is 48.9 Å². The smallest absolute Gasteiger partial charge is 0.229 e. The van der Waals surface area contributed by atoms with Crippen molar-refractivity contribution >= 4 is 38.6 Å². The quantitative estimate of drug-likeness (QED) is 0.261. The van der Waals surface area contributed by atoms with Crippen LogP contribution in [0.2, 0.25) is 0 Å². The van der Waals surface area contributed by atoms with Gasteiger partial charge in [0.2, 0.25) is 11.9 Å². The number of carbonyl (C=O) groups excluding carboxylic acids is 1. The number of imidazole rings is 1. The summed E-state index contributed by atoms with van der Waals surface area (Å²) in [5, 5.41) is 7.79. The number of anilines is 3. The van der Waals surface area contributed by atoms with Crippen molar-refractivity contribution in [2.24, 2.45) is 11.7 Å². The van der Waals surface area contributed by atoms with Gasteiger partial charge in [-0.05, 0) is 42.3 Å². The van der Waals surface area contributed by atoms with Crippen LogP contribution in [0.25, 0.3) is 16.8 Å². The molecule has 3 aromatic heterocycles. The highest BCUT2D eigenvalue weighted by Gasteiger charge is 2.34. The highest BCUT2D eigenvalue weighted by molar-refractivity contribution is 7.90. The predicted octanol–water partition coefficient (Wildman–Crippen LogP) is 3.15. The normalized spacial score (nSPS) is 20.5. The minimum Gasteiger partial charge on any atom is -0.375 e. The first-order valence-electron chi connectivity index (χ1n) is 15.1. The van der Waals surface area contributed by atoms with Gasteiger partial charge in [-0.25, -0.2) is 22.2 Å². The van der Waals surface area contributed by atoms with Crippen molar-refractivity contribution in [3.8, 4) is 11.3 Å². The lowest BCUT2D eigenvalue weighted by Crippen LogP contribution is -2.57. The summed E-state index contributed by atoms with van der Waals surface area (Å²) in [5.41, 5.74) is 8.72. The fraction of sp³-hybridized carbons (Fsp3) is 0.419. The molecular formula is C31H36F2N8O4S. The minimum absolute atomic E-state index is 0.00725. The maximum absolute atomic E-state index is 15.3. The van der Waals surface area contributed by atoms with Crippen molar-refractivity contribution in [3.05, 3.63) is 66.1 Å². The lowest BCUT2D eigenvalue weighted by atomic mass is 9.92. The molecule has 3 N–H and O–H groups in total. The maximum Gasteiger partial charge on any atom is 0.229 e. The van der Waals surface area contributed by atoms with E-state index < -0.39 is 21.5 Å². The largest absolute Gasteiger partial charge is 0.375 e. The number of aromatic nitrogens is 4. The van der Waals surface area contributed by atoms with Gasteiger partial charge >= 0.3 is 0 Å². The van der Waals surface area contributed by atoms with Gasteiger partial charge in [0, 0.05) is 57.0 Å². The number of ether oxygens (including phenoxy) is 1. The number of fused-ring (bicyclic) bond motifs is 1. The number of likely N-dealkylation sites (tertiary alicyclic amines) is 1. The number of carbonyl (C=O) groups is 1. The lowest BCUT2D eigenvalue weighted by Gasteiger charge is -2.42. The number of pyridine rings is 1. The average Bonchev–Trinajstić information content (AvgIpc) is 3.58. The molecule has 12 nitrogen and oxygen atoms in total. The van der Waals surface area contributed by atoms with Crippen LogP contribution < -0.4 is 16.0 Å². The lowest BCUT2D eigenvalue weighted by molar-refractivity contribution is -0.128. The Morgan fingerprint density at radius 3 is 2.61 bits per heavy atom. The van der Waals surface area contributed by atoms with Crippen LogP contribution in [0, 0.1) is 17.6 Å². The third-order valence-electron chi connectivity index (χ3n) is 8.36. The number of halogens is 2. The van der Waals surface area contributed by atoms with Gasteiger partial charge in [-0.15, -0.1) is 0 Å². The van der Waals surface area contributed by atoms with Crippen molar-refractivity contribution in [1.82, 2.24) is 24.5 Å². The van der Waals surface area contributed by atoms with Gasteiger partial charge in [-0.2, -0.15) is 9.61 Å². The van der Waals surface area contributed by atoms with Crippen molar-refractivity contribution in [3.63, 3.8) is 0 Å². The number of piperidine rings is 1. The van der Waals surface area contributed by atoms with Gasteiger partial charge in [-0.1, -0.05) is 6.92 Å². The number of benzene rings is 1. The Bertz CT molecular complexity index is 1840. The molecule has 1 aromatic carbocycles. The highest BCUT2D eigenvalue weighted by Crippen LogP contribution is 2.33. The van der Waals surface area contributed by atoms with Crippen LogP contribution in [0.4, 0.5) is 26.1 Å². The zero-order valence-corrected chi connectivity index (χ0v) is 26.4. The summed E-state index contributed by atoms with van der Waals surface area (Å²) in [7, 11) is -3.14. The molecule has 0 radical (unpaired) electrons. The number of rotatable bonds is 10. The molecule has 2 saturated heterocycles. The molecule has 2 aliphatic heterocycles. The van der Waals surface area contributed by atoms with Gasteiger partial charge in [0.15, 0.2) is 0 Å². The van der Waals surface area contributed by atoms with Crippen LogP contribution in [0.5, 0.6) is 0 Å². The van der Waals surface area contributed by atoms with E-state index in [-0.39, 0.29) is 54.1 Å². The van der Waals surface area contributed by atoms with E-state index in [1.807, 2.05) is 13.0 Å². The SMILES string of the molecule is CC1CN(c2ccncc2Nc2ncc3ccc(-c4c(F)cc(CN5CCCC5=O)cc4F)nn23)CC(N)C1OCCS(C)(=O)=O. The third kappa shape index (κ3) is 6.81. The first-order valence-corrected chi connectivity index (χ1v) is 17.1. The average molecular weight is 655 g/mol. The van der Waals surface area contributed by atoms with Crippen LogP contribution in [-0.2, 0) is 25.9 Å². The molecule has 4 aromatic rings. The zero-order valence-electron chi connectivity index (χ0n) is 25.6. The number of nitrogens with two attached hydrogens (primary N) is 1. The molecule has 2 aliphatic rings. The Morgan fingerprint density at radius 1 is 1.13 bits per heavy atom. The number of sulfone groups is 1. The number of nitrogens with one attached hydrogen (secondary N) is 1. The highest BCUT2D eigenvalue weighted by atomic mass is 32.2. The summed E-state index contributed by atoms with van der Waals surface area (Å²) in [4.78, 5) is 24.4. The topological polar surface area (TPSA) is 148 Å². The van der Waals surface area contributed by atoms with E-state index in [9.17, 15) is 13.2 Å². The van der Waals surface area contributed by atoms with Crippen LogP contribution in [0.1, 0.15) is 25.3 Å². The van der Waals surface area contributed by atoms with Crippen molar-refractivity contribution in [1.29, 1.82) is 0 Å². The Hall–Kier alpha value is -4.21. The number of hydrogen-bond donors (Lipinski definition) is 2. The van der Waals surface area contributed by atoms with Crippen LogP contribution in [0.3, 0.4) is 0 Å². The monoisotopic (exact) mass is 654 g/mol. The zero-order chi connectivity index (χ0) is 32.6. The molecule has 0 aliphatic carbocycles. The molecule has 3 atom stereocenters. The van der Waals surface area contributed by atoms with E-state index in [0.29, 0.717) is 48.8 Å². The Kier molecular flexibility index (Phi) is 8.90. The second-order valence-corrected chi connectivity index (χ2v) is 14.3. The number of amides is 1. The van der Waals surface area contributed by atoms with Crippen LogP contribution >= 0.6 is 0 Å². The first-order chi connectivity index (χ1) is 22.0. The van der Waals surface area contributed by atoms with Gasteiger partial charge in [-0.3, -0.25) is 9.78 Å². The Balaban J connectivity index is 1.22. The second-order valence-electron chi connectivity index (χ2n) is 12.0. The van der Waals surface area contributed by atoms with Gasteiger partial charge in [0.1, 0.15) is 21.5 Å². The molecule has 0 spiro atoms. The molecule has 244 valence electrons. The Morgan fingerprint density at radius 2 is 1.91 bits per heavy atom. The maximum atomic E-state index is 15.3. The van der Waals surface area contributed by atoms with Gasteiger partial charge < -0.3 is 25.6 Å². The number of nitrogens with zero attached hydrogens (tertiary/aromatic N) is 6.